The predicted octanol–water partition coefficient (Wildman–Crippen LogP) is 5.41. The summed E-state index contributed by atoms with van der Waals surface area (Å²) in [5, 5.41) is 18.9. The number of ether oxygens (including phenoxy) is 1. The lowest BCUT2D eigenvalue weighted by Crippen LogP contribution is -2.37. The summed E-state index contributed by atoms with van der Waals surface area (Å²) in [4.78, 5) is 3.73. The Hall–Kier alpha value is -3.43. The van der Waals surface area contributed by atoms with Crippen LogP contribution in [0.5, 0.6) is 0 Å². The van der Waals surface area contributed by atoms with Crippen molar-refractivity contribution in [1.29, 1.82) is 0 Å². The van der Waals surface area contributed by atoms with Gasteiger partial charge >= 0.3 is 0 Å². The smallest absolute Gasteiger partial charge is 0.276 e. The second kappa shape index (κ2) is 9.55. The van der Waals surface area contributed by atoms with Crippen LogP contribution in [0.15, 0.2) is 64.4 Å². The highest BCUT2D eigenvalue weighted by Crippen LogP contribution is 2.42. The third kappa shape index (κ3) is 4.12. The van der Waals surface area contributed by atoms with Gasteiger partial charge in [0.2, 0.25) is 5.89 Å². The van der Waals surface area contributed by atoms with E-state index in [1.165, 1.54) is 33.8 Å². The molecule has 1 N–H and O–H groups in total. The third-order valence-electron chi connectivity index (χ3n) is 6.96. The fourth-order valence-electron chi connectivity index (χ4n) is 5.06. The van der Waals surface area contributed by atoms with Gasteiger partial charge in [-0.15, -0.1) is 15.3 Å². The monoisotopic (exact) mass is 500 g/mol. The summed E-state index contributed by atoms with van der Waals surface area (Å²) in [6.07, 6.45) is 5.15. The summed E-state index contributed by atoms with van der Waals surface area (Å²) in [6.45, 7) is 5.03. The number of aryl methyl sites for hydroxylation is 1. The number of para-hydroxylation sites is 2. The van der Waals surface area contributed by atoms with Crippen LogP contribution in [0.25, 0.3) is 16.6 Å². The van der Waals surface area contributed by atoms with Gasteiger partial charge < -0.3 is 14.1 Å². The Morgan fingerprint density at radius 3 is 2.78 bits per heavy atom. The zero-order valence-electron chi connectivity index (χ0n) is 20.4. The van der Waals surface area contributed by atoms with Crippen LogP contribution in [0, 0.1) is 0 Å². The fourth-order valence-corrected chi connectivity index (χ4v) is 5.72. The van der Waals surface area contributed by atoms with Gasteiger partial charge in [0.05, 0.1) is 36.3 Å². The molecule has 4 heterocycles. The van der Waals surface area contributed by atoms with Gasteiger partial charge in [0, 0.05) is 16.7 Å². The fraction of sp³-hybridized carbons (Fsp3) is 0.333. The number of benzene rings is 2. The summed E-state index contributed by atoms with van der Waals surface area (Å²) in [5.41, 5.74) is 6.36. The van der Waals surface area contributed by atoms with E-state index in [0.717, 1.165) is 36.3 Å². The van der Waals surface area contributed by atoms with Gasteiger partial charge in [0.15, 0.2) is 0 Å². The molecule has 0 saturated heterocycles. The minimum atomic E-state index is -0.509. The second-order valence-electron chi connectivity index (χ2n) is 9.04. The van der Waals surface area contributed by atoms with Crippen molar-refractivity contribution in [3.05, 3.63) is 83.1 Å². The minimum absolute atomic E-state index is 0.509. The molecule has 2 aromatic carbocycles. The lowest BCUT2D eigenvalue weighted by Gasteiger charge is -2.35. The summed E-state index contributed by atoms with van der Waals surface area (Å²) >= 11 is 1.46. The topological polar surface area (TPSA) is 94.7 Å². The van der Waals surface area contributed by atoms with Crippen LogP contribution >= 0.6 is 11.8 Å². The van der Waals surface area contributed by atoms with E-state index in [1.54, 1.807) is 4.68 Å². The Kier molecular flexibility index (Phi) is 6.10. The molecule has 3 aromatic heterocycles. The van der Waals surface area contributed by atoms with Crippen LogP contribution in [0.2, 0.25) is 0 Å². The number of aromatic amines is 1. The molecule has 1 atom stereocenters. The maximum absolute atomic E-state index is 6.44. The van der Waals surface area contributed by atoms with Crippen molar-refractivity contribution >= 4 is 22.7 Å². The summed E-state index contributed by atoms with van der Waals surface area (Å²) < 4.78 is 14.3. The van der Waals surface area contributed by atoms with Crippen LogP contribution in [0.3, 0.4) is 0 Å². The number of fused-ring (bicyclic) bond motifs is 3. The van der Waals surface area contributed by atoms with Crippen LogP contribution in [-0.2, 0) is 35.4 Å². The molecular formula is C27H28N6O2S. The van der Waals surface area contributed by atoms with E-state index in [2.05, 4.69) is 57.5 Å². The molecule has 1 unspecified atom stereocenters. The van der Waals surface area contributed by atoms with Gasteiger partial charge in [-0.05, 0) is 42.5 Å². The van der Waals surface area contributed by atoms with Gasteiger partial charge in [0.25, 0.3) is 5.22 Å². The molecule has 184 valence electrons. The van der Waals surface area contributed by atoms with E-state index in [1.807, 2.05) is 36.5 Å². The van der Waals surface area contributed by atoms with Gasteiger partial charge in [-0.25, -0.2) is 4.68 Å². The zero-order chi connectivity index (χ0) is 24.5. The number of aromatic nitrogens is 6. The summed E-state index contributed by atoms with van der Waals surface area (Å²) in [7, 11) is 0. The van der Waals surface area contributed by atoms with E-state index in [-0.39, 0.29) is 0 Å². The highest BCUT2D eigenvalue weighted by atomic mass is 32.2. The minimum Gasteiger partial charge on any atom is -0.416 e. The van der Waals surface area contributed by atoms with Crippen LogP contribution in [0.4, 0.5) is 0 Å². The Balaban J connectivity index is 1.20. The standard InChI is InChI=1S/C27H28N6O2S/c1-3-18-9-8-12-21-22-13-14-34-27(4-2,25(22)28-24(18)21)15-23-30-31-26(35-23)36-17-19-16-33(32-29-19)20-10-6-5-7-11-20/h5-12,16,28H,3-4,13-15,17H2,1-2H3. The zero-order valence-corrected chi connectivity index (χ0v) is 21.2. The van der Waals surface area contributed by atoms with Gasteiger partial charge in [-0.2, -0.15) is 0 Å². The van der Waals surface area contributed by atoms with Crippen molar-refractivity contribution in [2.45, 2.75) is 56.1 Å². The maximum Gasteiger partial charge on any atom is 0.276 e. The first kappa shape index (κ1) is 23.0. The molecule has 9 heteroatoms. The number of H-pyrrole nitrogens is 1. The van der Waals surface area contributed by atoms with Crippen LogP contribution < -0.4 is 0 Å². The highest BCUT2D eigenvalue weighted by molar-refractivity contribution is 7.98. The number of thioether (sulfide) groups is 1. The second-order valence-corrected chi connectivity index (χ2v) is 9.96. The van der Waals surface area contributed by atoms with Crippen molar-refractivity contribution in [3.63, 3.8) is 0 Å². The van der Waals surface area contributed by atoms with Crippen molar-refractivity contribution < 1.29 is 9.15 Å². The molecule has 8 nitrogen and oxygen atoms in total. The number of hydrogen-bond donors (Lipinski definition) is 1. The molecule has 0 spiro atoms. The Labute approximate surface area is 213 Å². The number of rotatable bonds is 8. The molecule has 6 rings (SSSR count). The molecule has 1 aliphatic rings. The largest absolute Gasteiger partial charge is 0.416 e. The molecular weight excluding hydrogens is 472 g/mol. The first-order valence-electron chi connectivity index (χ1n) is 12.4. The molecule has 1 aliphatic heterocycles. The molecule has 5 aromatic rings. The number of nitrogens with zero attached hydrogens (tertiary/aromatic N) is 5. The van der Waals surface area contributed by atoms with Crippen molar-refractivity contribution in [1.82, 2.24) is 30.2 Å². The average molecular weight is 501 g/mol. The van der Waals surface area contributed by atoms with E-state index in [4.69, 9.17) is 9.15 Å². The van der Waals surface area contributed by atoms with Crippen molar-refractivity contribution in [3.8, 4) is 5.69 Å². The van der Waals surface area contributed by atoms with E-state index < -0.39 is 5.60 Å². The van der Waals surface area contributed by atoms with Crippen LogP contribution in [0.1, 0.15) is 48.7 Å². The van der Waals surface area contributed by atoms with Gasteiger partial charge in [-0.3, -0.25) is 0 Å². The highest BCUT2D eigenvalue weighted by Gasteiger charge is 2.40. The SMILES string of the molecule is CCc1cccc2c3c([nH]c12)C(CC)(Cc1nnc(SCc2cn(-c4ccccc4)nn2)o1)OCC3. The van der Waals surface area contributed by atoms with Gasteiger partial charge in [0.1, 0.15) is 5.60 Å². The molecule has 0 bridgehead atoms. The third-order valence-corrected chi connectivity index (χ3v) is 7.81. The molecule has 0 amide bonds. The first-order chi connectivity index (χ1) is 17.7. The normalized spacial score (nSPS) is 17.5. The summed E-state index contributed by atoms with van der Waals surface area (Å²) in [6, 6.07) is 16.5. The van der Waals surface area contributed by atoms with E-state index in [9.17, 15) is 0 Å². The van der Waals surface area contributed by atoms with E-state index >= 15 is 0 Å². The average Bonchev–Trinajstić information content (AvgIpc) is 3.67. The molecule has 36 heavy (non-hydrogen) atoms. The van der Waals surface area contributed by atoms with E-state index in [0.29, 0.717) is 29.9 Å². The first-order valence-corrected chi connectivity index (χ1v) is 13.4. The predicted molar refractivity (Wildman–Crippen MR) is 138 cm³/mol. The maximum atomic E-state index is 6.44. The Morgan fingerprint density at radius 2 is 1.94 bits per heavy atom. The number of hydrogen-bond acceptors (Lipinski definition) is 7. The Bertz CT molecular complexity index is 1490. The molecule has 0 aliphatic carbocycles. The number of nitrogens with one attached hydrogen (secondary N) is 1. The lowest BCUT2D eigenvalue weighted by molar-refractivity contribution is -0.0696. The van der Waals surface area contributed by atoms with Crippen molar-refractivity contribution in [2.75, 3.05) is 6.61 Å². The van der Waals surface area contributed by atoms with Gasteiger partial charge in [-0.1, -0.05) is 67.2 Å². The Morgan fingerprint density at radius 1 is 1.06 bits per heavy atom. The molecule has 0 saturated carbocycles. The van der Waals surface area contributed by atoms with Crippen molar-refractivity contribution in [2.24, 2.45) is 0 Å². The van der Waals surface area contributed by atoms with Crippen LogP contribution in [-0.4, -0.2) is 36.8 Å². The lowest BCUT2D eigenvalue weighted by atomic mass is 9.86. The summed E-state index contributed by atoms with van der Waals surface area (Å²) in [5.74, 6) is 1.17. The quantitative estimate of drug-likeness (QED) is 0.285. The molecule has 0 radical (unpaired) electrons. The molecule has 0 fully saturated rings.